The Morgan fingerprint density at radius 3 is 2.08 bits per heavy atom. The summed E-state index contributed by atoms with van der Waals surface area (Å²) in [5.41, 5.74) is 2.14. The molecule has 8 heteroatoms. The predicted molar refractivity (Wildman–Crippen MR) is 160 cm³/mol. The Morgan fingerprint density at radius 1 is 0.825 bits per heavy atom. The molecule has 2 N–H and O–H groups in total. The van der Waals surface area contributed by atoms with Gasteiger partial charge >= 0.3 is 6.03 Å². The number of Topliss-reactive ketones (excluding diaryl/α,β-unsaturated/α-hetero) is 1. The topological polar surface area (TPSA) is 78.5 Å². The van der Waals surface area contributed by atoms with Crippen LogP contribution in [0.5, 0.6) is 0 Å². The number of likely N-dealkylation sites (tertiary alicyclic amines) is 1. The van der Waals surface area contributed by atoms with Crippen molar-refractivity contribution < 1.29 is 14.4 Å². The molecule has 204 valence electrons. The lowest BCUT2D eigenvalue weighted by Crippen LogP contribution is -2.51. The molecule has 0 radical (unpaired) electrons. The molecule has 3 amide bonds. The number of anilines is 1. The summed E-state index contributed by atoms with van der Waals surface area (Å²) in [5, 5.41) is 8.40. The standard InChI is InChI=1S/C32H30ClN3O3S/c1-20(2)34-31(38)29-26(21-15-17-23(33)18-16-21)27(30(37)25-14-9-19-40-25)28(22-10-5-3-6-11-22)36(29)32(39)35-24-12-7-4-8-13-24/h3-20,26-29H,1-2H3,(H,34,38)(H,35,39). The molecule has 0 bridgehead atoms. The number of hydrogen-bond acceptors (Lipinski definition) is 4. The summed E-state index contributed by atoms with van der Waals surface area (Å²) in [6.45, 7) is 3.75. The second-order valence-corrected chi connectivity index (χ2v) is 11.5. The number of benzene rings is 3. The van der Waals surface area contributed by atoms with E-state index in [1.165, 1.54) is 11.3 Å². The monoisotopic (exact) mass is 571 g/mol. The first-order valence-electron chi connectivity index (χ1n) is 13.2. The maximum atomic E-state index is 14.4. The van der Waals surface area contributed by atoms with E-state index in [-0.39, 0.29) is 17.7 Å². The summed E-state index contributed by atoms with van der Waals surface area (Å²) in [4.78, 5) is 44.7. The van der Waals surface area contributed by atoms with Crippen LogP contribution in [0.3, 0.4) is 0 Å². The van der Waals surface area contributed by atoms with Gasteiger partial charge in [0, 0.05) is 22.7 Å². The van der Waals surface area contributed by atoms with Crippen molar-refractivity contribution in [2.24, 2.45) is 5.92 Å². The Bertz CT molecular complexity index is 1460. The molecule has 4 atom stereocenters. The number of ketones is 1. The van der Waals surface area contributed by atoms with Crippen LogP contribution in [-0.4, -0.2) is 34.7 Å². The van der Waals surface area contributed by atoms with Crippen molar-refractivity contribution in [2.75, 3.05) is 5.32 Å². The first kappa shape index (κ1) is 27.6. The van der Waals surface area contributed by atoms with Crippen LogP contribution in [0.1, 0.15) is 46.6 Å². The summed E-state index contributed by atoms with van der Waals surface area (Å²) in [5.74, 6) is -1.79. The van der Waals surface area contributed by atoms with Crippen LogP contribution in [0, 0.1) is 5.92 Å². The van der Waals surface area contributed by atoms with Gasteiger partial charge in [-0.3, -0.25) is 9.59 Å². The minimum Gasteiger partial charge on any atom is -0.352 e. The second kappa shape index (κ2) is 12.1. The molecule has 40 heavy (non-hydrogen) atoms. The molecule has 0 saturated carbocycles. The van der Waals surface area contributed by atoms with Gasteiger partial charge in [0.05, 0.1) is 16.8 Å². The van der Waals surface area contributed by atoms with Gasteiger partial charge in [0.1, 0.15) is 6.04 Å². The number of hydrogen-bond donors (Lipinski definition) is 2. The third-order valence-corrected chi connectivity index (χ3v) is 8.22. The number of nitrogens with zero attached hydrogens (tertiary/aromatic N) is 1. The maximum absolute atomic E-state index is 14.4. The van der Waals surface area contributed by atoms with Gasteiger partial charge in [-0.05, 0) is 60.7 Å². The first-order chi connectivity index (χ1) is 19.3. The van der Waals surface area contributed by atoms with E-state index < -0.39 is 30.0 Å². The van der Waals surface area contributed by atoms with Gasteiger partial charge in [0.15, 0.2) is 5.78 Å². The SMILES string of the molecule is CC(C)NC(=O)C1C(c2ccc(Cl)cc2)C(C(=O)c2cccs2)C(c2ccccc2)N1C(=O)Nc1ccccc1. The molecule has 0 aliphatic carbocycles. The average Bonchev–Trinajstić information content (AvgIpc) is 3.61. The minimum atomic E-state index is -0.966. The number of thiophene rings is 1. The molecule has 5 rings (SSSR count). The van der Waals surface area contributed by atoms with Crippen LogP contribution in [0.2, 0.25) is 5.02 Å². The molecule has 6 nitrogen and oxygen atoms in total. The van der Waals surface area contributed by atoms with Crippen molar-refractivity contribution in [3.63, 3.8) is 0 Å². The number of para-hydroxylation sites is 1. The van der Waals surface area contributed by atoms with Crippen molar-refractivity contribution in [1.82, 2.24) is 10.2 Å². The zero-order valence-corrected chi connectivity index (χ0v) is 23.7. The summed E-state index contributed by atoms with van der Waals surface area (Å²) in [6.07, 6.45) is 0. The highest BCUT2D eigenvalue weighted by atomic mass is 35.5. The molecule has 1 fully saturated rings. The van der Waals surface area contributed by atoms with E-state index in [9.17, 15) is 14.4 Å². The third-order valence-electron chi connectivity index (χ3n) is 7.09. The van der Waals surface area contributed by atoms with E-state index in [4.69, 9.17) is 11.6 Å². The number of amides is 3. The number of nitrogens with one attached hydrogen (secondary N) is 2. The molecule has 1 saturated heterocycles. The van der Waals surface area contributed by atoms with Crippen molar-refractivity contribution in [2.45, 2.75) is 37.9 Å². The molecular formula is C32H30ClN3O3S. The van der Waals surface area contributed by atoms with Crippen LogP contribution in [0.25, 0.3) is 0 Å². The van der Waals surface area contributed by atoms with Gasteiger partial charge in [-0.25, -0.2) is 4.79 Å². The average molecular weight is 572 g/mol. The van der Waals surface area contributed by atoms with Gasteiger partial charge in [-0.2, -0.15) is 0 Å². The highest BCUT2D eigenvalue weighted by Gasteiger charge is 2.57. The van der Waals surface area contributed by atoms with Crippen molar-refractivity contribution >= 4 is 46.3 Å². The van der Waals surface area contributed by atoms with E-state index in [2.05, 4.69) is 10.6 Å². The maximum Gasteiger partial charge on any atom is 0.323 e. The summed E-state index contributed by atoms with van der Waals surface area (Å²) in [7, 11) is 0. The first-order valence-corrected chi connectivity index (χ1v) is 14.4. The number of carbonyl (C=O) groups is 3. The van der Waals surface area contributed by atoms with Crippen LogP contribution >= 0.6 is 22.9 Å². The van der Waals surface area contributed by atoms with E-state index in [1.54, 1.807) is 35.2 Å². The second-order valence-electron chi connectivity index (χ2n) is 10.1. The van der Waals surface area contributed by atoms with E-state index in [0.717, 1.165) is 11.1 Å². The van der Waals surface area contributed by atoms with Gasteiger partial charge in [-0.1, -0.05) is 78.3 Å². The summed E-state index contributed by atoms with van der Waals surface area (Å²) in [6, 6.07) is 27.1. The van der Waals surface area contributed by atoms with Gasteiger partial charge < -0.3 is 15.5 Å². The van der Waals surface area contributed by atoms with E-state index >= 15 is 0 Å². The Balaban J connectivity index is 1.73. The summed E-state index contributed by atoms with van der Waals surface area (Å²) >= 11 is 7.60. The van der Waals surface area contributed by atoms with Crippen molar-refractivity contribution in [3.8, 4) is 0 Å². The van der Waals surface area contributed by atoms with Gasteiger partial charge in [0.25, 0.3) is 0 Å². The lowest BCUT2D eigenvalue weighted by Gasteiger charge is -2.32. The zero-order chi connectivity index (χ0) is 28.2. The molecule has 1 aliphatic heterocycles. The smallest absolute Gasteiger partial charge is 0.323 e. The van der Waals surface area contributed by atoms with Crippen LogP contribution < -0.4 is 10.6 Å². The zero-order valence-electron chi connectivity index (χ0n) is 22.2. The molecule has 3 aromatic carbocycles. The predicted octanol–water partition coefficient (Wildman–Crippen LogP) is 7.17. The van der Waals surface area contributed by atoms with Gasteiger partial charge in [-0.15, -0.1) is 11.3 Å². The van der Waals surface area contributed by atoms with Crippen LogP contribution in [0.4, 0.5) is 10.5 Å². The lowest BCUT2D eigenvalue weighted by atomic mass is 9.77. The van der Waals surface area contributed by atoms with E-state index in [1.807, 2.05) is 86.0 Å². The largest absolute Gasteiger partial charge is 0.352 e. The molecular weight excluding hydrogens is 542 g/mol. The number of rotatable bonds is 7. The number of halogens is 1. The Labute approximate surface area is 243 Å². The quantitative estimate of drug-likeness (QED) is 0.231. The van der Waals surface area contributed by atoms with Crippen molar-refractivity contribution in [3.05, 3.63) is 123 Å². The number of carbonyl (C=O) groups excluding carboxylic acids is 3. The molecule has 1 aliphatic rings. The molecule has 2 heterocycles. The van der Waals surface area contributed by atoms with Gasteiger partial charge in [0.2, 0.25) is 5.91 Å². The highest BCUT2D eigenvalue weighted by molar-refractivity contribution is 7.12. The Kier molecular flexibility index (Phi) is 8.33. The highest BCUT2D eigenvalue weighted by Crippen LogP contribution is 2.51. The Hall–Kier alpha value is -3.94. The fourth-order valence-corrected chi connectivity index (χ4v) is 6.35. The molecule has 0 spiro atoms. The normalized spacial score (nSPS) is 20.4. The van der Waals surface area contributed by atoms with Crippen LogP contribution in [0.15, 0.2) is 102 Å². The molecule has 4 unspecified atom stereocenters. The number of urea groups is 1. The van der Waals surface area contributed by atoms with Crippen molar-refractivity contribution in [1.29, 1.82) is 0 Å². The fourth-order valence-electron chi connectivity index (χ4n) is 5.52. The van der Waals surface area contributed by atoms with Crippen LogP contribution in [-0.2, 0) is 4.79 Å². The van der Waals surface area contributed by atoms with E-state index in [0.29, 0.717) is 15.6 Å². The molecule has 1 aromatic heterocycles. The third kappa shape index (κ3) is 5.67. The summed E-state index contributed by atoms with van der Waals surface area (Å²) < 4.78 is 0. The lowest BCUT2D eigenvalue weighted by molar-refractivity contribution is -0.125. The fraction of sp³-hybridized carbons (Fsp3) is 0.219. The minimum absolute atomic E-state index is 0.110. The Morgan fingerprint density at radius 2 is 1.48 bits per heavy atom. The molecule has 4 aromatic rings.